The van der Waals surface area contributed by atoms with Gasteiger partial charge in [0.25, 0.3) is 0 Å². The molecule has 0 saturated heterocycles. The van der Waals surface area contributed by atoms with Crippen LogP contribution in [0, 0.1) is 13.8 Å². The lowest BCUT2D eigenvalue weighted by molar-refractivity contribution is 0.281. The molecule has 0 heterocycles. The average molecular weight is 395 g/mol. The second-order valence-corrected chi connectivity index (χ2v) is 7.11. The van der Waals surface area contributed by atoms with Gasteiger partial charge in [0.1, 0.15) is 0 Å². The second kappa shape index (κ2) is 11.6. The summed E-state index contributed by atoms with van der Waals surface area (Å²) < 4.78 is 0. The van der Waals surface area contributed by atoms with Crippen molar-refractivity contribution in [1.29, 1.82) is 0 Å². The Labute approximate surface area is 171 Å². The minimum Gasteiger partial charge on any atom is -0.308 e. The lowest BCUT2D eigenvalue weighted by Gasteiger charge is -2.33. The van der Waals surface area contributed by atoms with Gasteiger partial charge in [-0.25, -0.2) is 0 Å². The van der Waals surface area contributed by atoms with Gasteiger partial charge in [0, 0.05) is 25.2 Å². The fourth-order valence-electron chi connectivity index (χ4n) is 3.72. The van der Waals surface area contributed by atoms with E-state index in [4.69, 9.17) is 0 Å². The van der Waals surface area contributed by atoms with Crippen molar-refractivity contribution in [2.45, 2.75) is 64.7 Å². The zero-order valence-corrected chi connectivity index (χ0v) is 17.5. The van der Waals surface area contributed by atoms with Crippen molar-refractivity contribution in [3.8, 4) is 0 Å². The molecule has 2 nitrogen and oxygen atoms in total. The molecule has 0 radical (unpaired) electrons. The largest absolute Gasteiger partial charge is 0.308 e. The maximum absolute atomic E-state index is 3.82. The molecule has 0 amide bonds. The number of aryl methyl sites for hydroxylation is 2. The molecule has 26 heavy (non-hydrogen) atoms. The van der Waals surface area contributed by atoms with Crippen molar-refractivity contribution in [3.05, 3.63) is 70.8 Å². The van der Waals surface area contributed by atoms with Gasteiger partial charge >= 0.3 is 0 Å². The SMILES string of the molecule is Cc1ccccc1CNC1CCCCC1NCc1ccccc1C.Cl.Cl. The summed E-state index contributed by atoms with van der Waals surface area (Å²) in [6.07, 6.45) is 5.23. The Hall–Kier alpha value is -1.06. The quantitative estimate of drug-likeness (QED) is 0.690. The molecule has 2 atom stereocenters. The van der Waals surface area contributed by atoms with Crippen LogP contribution in [0.3, 0.4) is 0 Å². The maximum atomic E-state index is 3.82. The average Bonchev–Trinajstić information content (AvgIpc) is 2.61. The van der Waals surface area contributed by atoms with Crippen LogP contribution in [0.4, 0.5) is 0 Å². The molecular weight excluding hydrogens is 363 g/mol. The Morgan fingerprint density at radius 1 is 0.692 bits per heavy atom. The van der Waals surface area contributed by atoms with Crippen LogP contribution in [0.2, 0.25) is 0 Å². The molecule has 3 rings (SSSR count). The third kappa shape index (κ3) is 6.28. The summed E-state index contributed by atoms with van der Waals surface area (Å²) in [7, 11) is 0. The Morgan fingerprint density at radius 2 is 1.08 bits per heavy atom. The van der Waals surface area contributed by atoms with Gasteiger partial charge < -0.3 is 10.6 Å². The number of benzene rings is 2. The molecule has 2 N–H and O–H groups in total. The summed E-state index contributed by atoms with van der Waals surface area (Å²) in [4.78, 5) is 0. The van der Waals surface area contributed by atoms with Gasteiger partial charge in [0.05, 0.1) is 0 Å². The highest BCUT2D eigenvalue weighted by atomic mass is 35.5. The van der Waals surface area contributed by atoms with Crippen LogP contribution in [0.25, 0.3) is 0 Å². The first-order valence-electron chi connectivity index (χ1n) is 9.30. The molecule has 1 aliphatic carbocycles. The van der Waals surface area contributed by atoms with Crippen LogP contribution < -0.4 is 10.6 Å². The third-order valence-corrected chi connectivity index (χ3v) is 5.40. The predicted octanol–water partition coefficient (Wildman–Crippen LogP) is 5.34. The summed E-state index contributed by atoms with van der Waals surface area (Å²) in [5, 5.41) is 7.63. The molecule has 1 saturated carbocycles. The zero-order chi connectivity index (χ0) is 16.8. The third-order valence-electron chi connectivity index (χ3n) is 5.40. The molecule has 1 fully saturated rings. The van der Waals surface area contributed by atoms with Crippen LogP contribution >= 0.6 is 24.8 Å². The first kappa shape index (κ1) is 23.0. The van der Waals surface area contributed by atoms with Crippen LogP contribution in [-0.4, -0.2) is 12.1 Å². The summed E-state index contributed by atoms with van der Waals surface area (Å²) in [5.74, 6) is 0. The van der Waals surface area contributed by atoms with E-state index in [0.29, 0.717) is 12.1 Å². The van der Waals surface area contributed by atoms with Crippen molar-refractivity contribution >= 4 is 24.8 Å². The van der Waals surface area contributed by atoms with Crippen molar-refractivity contribution in [2.75, 3.05) is 0 Å². The molecule has 2 aromatic carbocycles. The molecule has 2 unspecified atom stereocenters. The van der Waals surface area contributed by atoms with Gasteiger partial charge in [0.15, 0.2) is 0 Å². The van der Waals surface area contributed by atoms with E-state index in [1.165, 1.54) is 47.9 Å². The smallest absolute Gasteiger partial charge is 0.0224 e. The van der Waals surface area contributed by atoms with Crippen LogP contribution in [0.5, 0.6) is 0 Å². The Kier molecular flexibility index (Phi) is 10.3. The highest BCUT2D eigenvalue weighted by Crippen LogP contribution is 2.20. The first-order valence-corrected chi connectivity index (χ1v) is 9.30. The second-order valence-electron chi connectivity index (χ2n) is 7.11. The lowest BCUT2D eigenvalue weighted by atomic mass is 9.89. The Morgan fingerprint density at radius 3 is 1.46 bits per heavy atom. The van der Waals surface area contributed by atoms with Crippen molar-refractivity contribution in [1.82, 2.24) is 10.6 Å². The number of halogens is 2. The van der Waals surface area contributed by atoms with E-state index in [9.17, 15) is 0 Å². The van der Waals surface area contributed by atoms with E-state index < -0.39 is 0 Å². The molecule has 0 bridgehead atoms. The van der Waals surface area contributed by atoms with Crippen molar-refractivity contribution in [2.24, 2.45) is 0 Å². The predicted molar refractivity (Wildman–Crippen MR) is 117 cm³/mol. The molecule has 2 aromatic rings. The Bertz CT molecular complexity index is 603. The van der Waals surface area contributed by atoms with E-state index in [1.54, 1.807) is 0 Å². The highest BCUT2D eigenvalue weighted by molar-refractivity contribution is 5.85. The molecule has 144 valence electrons. The van der Waals surface area contributed by atoms with Gasteiger partial charge in [-0.2, -0.15) is 0 Å². The summed E-state index contributed by atoms with van der Waals surface area (Å²) >= 11 is 0. The fraction of sp³-hybridized carbons (Fsp3) is 0.455. The fourth-order valence-corrected chi connectivity index (χ4v) is 3.72. The number of nitrogens with one attached hydrogen (secondary N) is 2. The van der Waals surface area contributed by atoms with E-state index in [0.717, 1.165) is 13.1 Å². The standard InChI is InChI=1S/C22H30N2.2ClH/c1-17-9-3-5-11-19(17)15-23-21-13-7-8-14-22(21)24-16-20-12-6-4-10-18(20)2;;/h3-6,9-12,21-24H,7-8,13-16H2,1-2H3;2*1H. The van der Waals surface area contributed by atoms with Gasteiger partial charge in [0.2, 0.25) is 0 Å². The van der Waals surface area contributed by atoms with E-state index in [1.807, 2.05) is 0 Å². The molecular formula is C22H32Cl2N2. The monoisotopic (exact) mass is 394 g/mol. The summed E-state index contributed by atoms with van der Waals surface area (Å²) in [5.41, 5.74) is 5.59. The molecule has 4 heteroatoms. The Balaban J connectivity index is 0.00000169. The van der Waals surface area contributed by atoms with Gasteiger partial charge in [-0.05, 0) is 48.9 Å². The minimum atomic E-state index is 0. The first-order chi connectivity index (χ1) is 11.7. The summed E-state index contributed by atoms with van der Waals surface area (Å²) in [6.45, 7) is 6.34. The molecule has 0 aliphatic heterocycles. The number of rotatable bonds is 6. The summed E-state index contributed by atoms with van der Waals surface area (Å²) in [6, 6.07) is 18.5. The molecule has 0 aromatic heterocycles. The van der Waals surface area contributed by atoms with Crippen LogP contribution in [0.1, 0.15) is 47.9 Å². The number of hydrogen-bond donors (Lipinski definition) is 2. The van der Waals surface area contributed by atoms with E-state index >= 15 is 0 Å². The van der Waals surface area contributed by atoms with Gasteiger partial charge in [-0.1, -0.05) is 61.4 Å². The maximum Gasteiger partial charge on any atom is 0.0224 e. The normalized spacial score (nSPS) is 19.3. The van der Waals surface area contributed by atoms with E-state index in [-0.39, 0.29) is 24.8 Å². The number of hydrogen-bond acceptors (Lipinski definition) is 2. The van der Waals surface area contributed by atoms with Crippen LogP contribution in [0.15, 0.2) is 48.5 Å². The lowest BCUT2D eigenvalue weighted by Crippen LogP contribution is -2.49. The van der Waals surface area contributed by atoms with Crippen LogP contribution in [-0.2, 0) is 13.1 Å². The van der Waals surface area contributed by atoms with Crippen molar-refractivity contribution < 1.29 is 0 Å². The minimum absolute atomic E-state index is 0. The molecule has 0 spiro atoms. The topological polar surface area (TPSA) is 24.1 Å². The van der Waals surface area contributed by atoms with Crippen molar-refractivity contribution in [3.63, 3.8) is 0 Å². The van der Waals surface area contributed by atoms with Gasteiger partial charge in [-0.15, -0.1) is 24.8 Å². The van der Waals surface area contributed by atoms with E-state index in [2.05, 4.69) is 73.0 Å². The van der Waals surface area contributed by atoms with Gasteiger partial charge in [-0.3, -0.25) is 0 Å². The molecule has 1 aliphatic rings. The highest BCUT2D eigenvalue weighted by Gasteiger charge is 2.24. The zero-order valence-electron chi connectivity index (χ0n) is 15.8.